The number of carbonyl (C=O) groups is 3. The number of likely N-dealkylation sites (N-methyl/N-ethyl adjacent to an activating group) is 1. The first-order valence-corrected chi connectivity index (χ1v) is 8.91. The van der Waals surface area contributed by atoms with Crippen molar-refractivity contribution in [3.8, 4) is 0 Å². The highest BCUT2D eigenvalue weighted by Crippen LogP contribution is 2.23. The molecule has 2 aromatic rings. The van der Waals surface area contributed by atoms with E-state index in [9.17, 15) is 14.4 Å². The number of carbonyl (C=O) groups excluding carboxylic acids is 3. The quantitative estimate of drug-likeness (QED) is 0.804. The van der Waals surface area contributed by atoms with Crippen LogP contribution in [0.4, 0.5) is 0 Å². The Morgan fingerprint density at radius 2 is 1.67 bits per heavy atom. The van der Waals surface area contributed by atoms with Crippen molar-refractivity contribution >= 4 is 17.6 Å². The minimum absolute atomic E-state index is 0.223. The van der Waals surface area contributed by atoms with Gasteiger partial charge in [-0.15, -0.1) is 0 Å². The SMILES string of the molecule is CNC(=O)[C@@H]1C[C@H](N)CN1C(=O)c1ccccc1C(=O)c1ccc(C)cc1. The van der Waals surface area contributed by atoms with Crippen molar-refractivity contribution in [1.82, 2.24) is 10.2 Å². The number of aryl methyl sites for hydroxylation is 1. The van der Waals surface area contributed by atoms with Crippen molar-refractivity contribution in [1.29, 1.82) is 0 Å². The smallest absolute Gasteiger partial charge is 0.255 e. The van der Waals surface area contributed by atoms with Crippen LogP contribution in [-0.2, 0) is 4.79 Å². The first-order chi connectivity index (χ1) is 12.9. The molecule has 1 saturated heterocycles. The Hall–Kier alpha value is -2.99. The van der Waals surface area contributed by atoms with Gasteiger partial charge in [0.2, 0.25) is 5.91 Å². The summed E-state index contributed by atoms with van der Waals surface area (Å²) in [5.41, 5.74) is 8.16. The molecule has 1 fully saturated rings. The maximum absolute atomic E-state index is 13.2. The van der Waals surface area contributed by atoms with Gasteiger partial charge in [-0.25, -0.2) is 0 Å². The van der Waals surface area contributed by atoms with Crippen molar-refractivity contribution in [3.63, 3.8) is 0 Å². The highest BCUT2D eigenvalue weighted by Gasteiger charge is 2.38. The van der Waals surface area contributed by atoms with Crippen LogP contribution in [0.3, 0.4) is 0 Å². The number of nitrogens with one attached hydrogen (secondary N) is 1. The summed E-state index contributed by atoms with van der Waals surface area (Å²) in [7, 11) is 1.53. The Morgan fingerprint density at radius 3 is 2.30 bits per heavy atom. The summed E-state index contributed by atoms with van der Waals surface area (Å²) < 4.78 is 0. The molecule has 0 bridgehead atoms. The van der Waals surface area contributed by atoms with Crippen molar-refractivity contribution < 1.29 is 14.4 Å². The van der Waals surface area contributed by atoms with E-state index in [1.54, 1.807) is 36.4 Å². The summed E-state index contributed by atoms with van der Waals surface area (Å²) in [6, 6.07) is 13.0. The summed E-state index contributed by atoms with van der Waals surface area (Å²) in [6.45, 7) is 2.23. The number of rotatable bonds is 4. The Morgan fingerprint density at radius 1 is 1.04 bits per heavy atom. The molecule has 2 aromatic carbocycles. The molecule has 6 heteroatoms. The van der Waals surface area contributed by atoms with E-state index >= 15 is 0 Å². The maximum Gasteiger partial charge on any atom is 0.255 e. The second kappa shape index (κ2) is 7.72. The molecule has 3 N–H and O–H groups in total. The number of ketones is 1. The minimum Gasteiger partial charge on any atom is -0.357 e. The van der Waals surface area contributed by atoms with Gasteiger partial charge >= 0.3 is 0 Å². The first-order valence-electron chi connectivity index (χ1n) is 8.91. The van der Waals surface area contributed by atoms with Crippen LogP contribution in [0.25, 0.3) is 0 Å². The normalized spacial score (nSPS) is 19.0. The number of nitrogens with two attached hydrogens (primary N) is 1. The van der Waals surface area contributed by atoms with Crippen molar-refractivity contribution in [2.75, 3.05) is 13.6 Å². The van der Waals surface area contributed by atoms with Gasteiger partial charge in [0, 0.05) is 30.8 Å². The first kappa shape index (κ1) is 18.8. The van der Waals surface area contributed by atoms with E-state index in [2.05, 4.69) is 5.32 Å². The largest absolute Gasteiger partial charge is 0.357 e. The van der Waals surface area contributed by atoms with Crippen LogP contribution in [0.2, 0.25) is 0 Å². The van der Waals surface area contributed by atoms with Crippen molar-refractivity contribution in [2.45, 2.75) is 25.4 Å². The second-order valence-electron chi connectivity index (χ2n) is 6.82. The summed E-state index contributed by atoms with van der Waals surface area (Å²) >= 11 is 0. The average Bonchev–Trinajstić information content (AvgIpc) is 3.08. The molecule has 2 atom stereocenters. The molecular formula is C21H23N3O3. The Bertz CT molecular complexity index is 876. The van der Waals surface area contributed by atoms with E-state index in [4.69, 9.17) is 5.73 Å². The van der Waals surface area contributed by atoms with Crippen molar-refractivity contribution in [3.05, 3.63) is 70.8 Å². The third kappa shape index (κ3) is 3.75. The molecule has 27 heavy (non-hydrogen) atoms. The molecule has 0 unspecified atom stereocenters. The third-order valence-corrected chi connectivity index (χ3v) is 4.86. The topological polar surface area (TPSA) is 92.5 Å². The molecule has 1 aliphatic heterocycles. The van der Waals surface area contributed by atoms with E-state index in [1.807, 2.05) is 19.1 Å². The van der Waals surface area contributed by atoms with E-state index in [1.165, 1.54) is 11.9 Å². The van der Waals surface area contributed by atoms with E-state index in [0.29, 0.717) is 17.5 Å². The summed E-state index contributed by atoms with van der Waals surface area (Å²) in [6.07, 6.45) is 0.402. The lowest BCUT2D eigenvalue weighted by molar-refractivity contribution is -0.124. The standard InChI is InChI=1S/C21H23N3O3/c1-13-7-9-14(10-8-13)19(25)16-5-3-4-6-17(16)21(27)24-12-15(22)11-18(24)20(26)23-2/h3-10,15,18H,11-12,22H2,1-2H3,(H,23,26)/t15-,18-/m0/s1. The summed E-state index contributed by atoms with van der Waals surface area (Å²) in [5.74, 6) is -0.829. The zero-order chi connectivity index (χ0) is 19.6. The molecular weight excluding hydrogens is 342 g/mol. The zero-order valence-electron chi connectivity index (χ0n) is 15.4. The molecule has 2 amide bonds. The van der Waals surface area contributed by atoms with E-state index < -0.39 is 6.04 Å². The fourth-order valence-corrected chi connectivity index (χ4v) is 3.39. The molecule has 1 aliphatic rings. The van der Waals surface area contributed by atoms with Crippen molar-refractivity contribution in [2.24, 2.45) is 5.73 Å². The summed E-state index contributed by atoms with van der Waals surface area (Å²) in [5, 5.41) is 2.58. The number of amides is 2. The van der Waals surface area contributed by atoms with E-state index in [0.717, 1.165) is 5.56 Å². The van der Waals surface area contributed by atoms with Crippen LogP contribution in [-0.4, -0.2) is 48.2 Å². The molecule has 0 radical (unpaired) electrons. The van der Waals surface area contributed by atoms with Gasteiger partial charge in [0.15, 0.2) is 5.78 Å². The van der Waals surface area contributed by atoms with Gasteiger partial charge in [-0.3, -0.25) is 14.4 Å². The Labute approximate surface area is 158 Å². The van der Waals surface area contributed by atoms with Crippen LogP contribution < -0.4 is 11.1 Å². The molecule has 140 valence electrons. The molecule has 0 aliphatic carbocycles. The molecule has 0 saturated carbocycles. The number of nitrogens with zero attached hydrogens (tertiary/aromatic N) is 1. The Balaban J connectivity index is 1.95. The molecule has 1 heterocycles. The highest BCUT2D eigenvalue weighted by molar-refractivity contribution is 6.15. The van der Waals surface area contributed by atoms with Gasteiger partial charge in [-0.2, -0.15) is 0 Å². The minimum atomic E-state index is -0.625. The molecule has 0 spiro atoms. The van der Waals surface area contributed by atoms with Gasteiger partial charge in [0.1, 0.15) is 6.04 Å². The predicted molar refractivity (Wildman–Crippen MR) is 103 cm³/mol. The van der Waals surface area contributed by atoms with Gasteiger partial charge in [0.05, 0.1) is 5.56 Å². The van der Waals surface area contributed by atoms with Gasteiger partial charge < -0.3 is 16.0 Å². The van der Waals surface area contributed by atoms with Crippen LogP contribution >= 0.6 is 0 Å². The lowest BCUT2D eigenvalue weighted by atomic mass is 9.97. The lowest BCUT2D eigenvalue weighted by Crippen LogP contribution is -2.45. The molecule has 3 rings (SSSR count). The second-order valence-corrected chi connectivity index (χ2v) is 6.82. The average molecular weight is 365 g/mol. The fourth-order valence-electron chi connectivity index (χ4n) is 3.39. The molecule has 0 aromatic heterocycles. The lowest BCUT2D eigenvalue weighted by Gasteiger charge is -2.24. The monoisotopic (exact) mass is 365 g/mol. The predicted octanol–water partition coefficient (Wildman–Crippen LogP) is 1.51. The van der Waals surface area contributed by atoms with Crippen LogP contribution in [0.5, 0.6) is 0 Å². The number of benzene rings is 2. The number of hydrogen-bond donors (Lipinski definition) is 2. The molecule has 6 nitrogen and oxygen atoms in total. The highest BCUT2D eigenvalue weighted by atomic mass is 16.2. The van der Waals surface area contributed by atoms with Gasteiger partial charge in [-0.1, -0.05) is 48.0 Å². The van der Waals surface area contributed by atoms with E-state index in [-0.39, 0.29) is 35.7 Å². The van der Waals surface area contributed by atoms with Crippen LogP contribution in [0.1, 0.15) is 38.3 Å². The Kier molecular flexibility index (Phi) is 5.37. The van der Waals surface area contributed by atoms with Gasteiger partial charge in [-0.05, 0) is 19.4 Å². The van der Waals surface area contributed by atoms with Gasteiger partial charge in [0.25, 0.3) is 5.91 Å². The fraction of sp³-hybridized carbons (Fsp3) is 0.286. The summed E-state index contributed by atoms with van der Waals surface area (Å²) in [4.78, 5) is 39.7. The third-order valence-electron chi connectivity index (χ3n) is 4.86. The van der Waals surface area contributed by atoms with Crippen LogP contribution in [0.15, 0.2) is 48.5 Å². The van der Waals surface area contributed by atoms with Crippen LogP contribution in [0, 0.1) is 6.92 Å². The number of likely N-dealkylation sites (tertiary alicyclic amines) is 1. The number of hydrogen-bond acceptors (Lipinski definition) is 4. The zero-order valence-corrected chi connectivity index (χ0v) is 15.4. The maximum atomic E-state index is 13.2.